The smallest absolute Gasteiger partial charge is 0.475 e. The zero-order valence-corrected chi connectivity index (χ0v) is 14.5. The maximum absolute atomic E-state index is 12.5. The van der Waals surface area contributed by atoms with Gasteiger partial charge in [0, 0.05) is 18.9 Å². The van der Waals surface area contributed by atoms with Crippen LogP contribution in [0.15, 0.2) is 43.0 Å². The number of aliphatic hydroxyl groups excluding tert-OH is 1. The number of halogens is 3. The Kier molecular flexibility index (Phi) is 6.99. The van der Waals surface area contributed by atoms with E-state index in [1.54, 1.807) is 23.4 Å². The molecule has 1 aliphatic rings. The van der Waals surface area contributed by atoms with Crippen LogP contribution in [0.5, 0.6) is 0 Å². The first kappa shape index (κ1) is 21.2. The second kappa shape index (κ2) is 9.22. The number of hydrogen-bond acceptors (Lipinski definition) is 6. The summed E-state index contributed by atoms with van der Waals surface area (Å²) >= 11 is 0. The number of aliphatic carboxylic acids is 1. The third kappa shape index (κ3) is 5.71. The summed E-state index contributed by atoms with van der Waals surface area (Å²) in [5.74, 6) is -2.87. The van der Waals surface area contributed by atoms with E-state index < -0.39 is 18.2 Å². The summed E-state index contributed by atoms with van der Waals surface area (Å²) < 4.78 is 31.7. The SMILES string of the molecule is O=C(O)C(F)(F)F.O=C(c1ccnnc1)N1CC[C@@H](O)[C@@H]1Cc1cccnc1. The summed E-state index contributed by atoms with van der Waals surface area (Å²) in [7, 11) is 0. The van der Waals surface area contributed by atoms with Gasteiger partial charge in [0.2, 0.25) is 0 Å². The molecule has 0 aliphatic carbocycles. The van der Waals surface area contributed by atoms with Gasteiger partial charge in [0.1, 0.15) is 0 Å². The van der Waals surface area contributed by atoms with Crippen LogP contribution in [0.3, 0.4) is 0 Å². The normalized spacial score (nSPS) is 18.9. The molecule has 0 bridgehead atoms. The number of carboxylic acids is 1. The Morgan fingerprint density at radius 3 is 2.43 bits per heavy atom. The van der Waals surface area contributed by atoms with Gasteiger partial charge in [0.05, 0.1) is 30.1 Å². The van der Waals surface area contributed by atoms with Crippen LogP contribution in [0.25, 0.3) is 0 Å². The Hall–Kier alpha value is -3.08. The molecule has 1 fully saturated rings. The molecule has 8 nitrogen and oxygen atoms in total. The first-order valence-corrected chi connectivity index (χ1v) is 8.15. The van der Waals surface area contributed by atoms with Gasteiger partial charge in [-0.05, 0) is 30.5 Å². The number of pyridine rings is 1. The second-order valence-corrected chi connectivity index (χ2v) is 5.92. The van der Waals surface area contributed by atoms with Gasteiger partial charge >= 0.3 is 12.1 Å². The van der Waals surface area contributed by atoms with Crippen molar-refractivity contribution >= 4 is 11.9 Å². The van der Waals surface area contributed by atoms with Crippen molar-refractivity contribution in [2.75, 3.05) is 6.54 Å². The quantitative estimate of drug-likeness (QED) is 0.801. The molecular formula is C17H17F3N4O4. The van der Waals surface area contributed by atoms with Gasteiger partial charge in [0.15, 0.2) is 0 Å². The predicted octanol–water partition coefficient (Wildman–Crippen LogP) is 1.32. The lowest BCUT2D eigenvalue weighted by Gasteiger charge is -2.26. The van der Waals surface area contributed by atoms with Crippen molar-refractivity contribution in [3.05, 3.63) is 54.1 Å². The number of alkyl halides is 3. The highest BCUT2D eigenvalue weighted by Gasteiger charge is 2.38. The topological polar surface area (TPSA) is 117 Å². The molecule has 0 saturated carbocycles. The fourth-order valence-electron chi connectivity index (χ4n) is 2.68. The van der Waals surface area contributed by atoms with Crippen LogP contribution in [0.1, 0.15) is 22.3 Å². The summed E-state index contributed by atoms with van der Waals surface area (Å²) in [6, 6.07) is 5.22. The standard InChI is InChI=1S/C15H16N4O2.C2HF3O2/c20-14-4-7-19(15(21)12-3-6-17-18-10-12)13(14)8-11-2-1-5-16-9-11;3-2(4,5)1(6)7/h1-3,5-6,9-10,13-14,20H,4,7-8H2;(H,6,7)/t13-,14+;/m0./s1. The van der Waals surface area contributed by atoms with E-state index in [1.807, 2.05) is 12.1 Å². The van der Waals surface area contributed by atoms with Crippen molar-refractivity contribution in [3.8, 4) is 0 Å². The van der Waals surface area contributed by atoms with Gasteiger partial charge < -0.3 is 15.1 Å². The molecule has 28 heavy (non-hydrogen) atoms. The van der Waals surface area contributed by atoms with Gasteiger partial charge in [0.25, 0.3) is 5.91 Å². The summed E-state index contributed by atoms with van der Waals surface area (Å²) in [6.07, 6.45) is 2.02. The van der Waals surface area contributed by atoms with E-state index in [2.05, 4.69) is 15.2 Å². The van der Waals surface area contributed by atoms with Crippen molar-refractivity contribution in [1.29, 1.82) is 0 Å². The van der Waals surface area contributed by atoms with Crippen LogP contribution in [-0.4, -0.2) is 67.0 Å². The Morgan fingerprint density at radius 2 is 1.89 bits per heavy atom. The molecular weight excluding hydrogens is 381 g/mol. The molecule has 2 atom stereocenters. The molecule has 1 aliphatic heterocycles. The molecule has 0 spiro atoms. The van der Waals surface area contributed by atoms with Gasteiger partial charge in [-0.15, -0.1) is 0 Å². The van der Waals surface area contributed by atoms with E-state index in [0.29, 0.717) is 24.9 Å². The zero-order chi connectivity index (χ0) is 20.7. The summed E-state index contributed by atoms with van der Waals surface area (Å²) in [5.41, 5.74) is 1.50. The summed E-state index contributed by atoms with van der Waals surface area (Å²) in [6.45, 7) is 0.549. The third-order valence-electron chi connectivity index (χ3n) is 4.01. The van der Waals surface area contributed by atoms with Crippen LogP contribution in [0, 0.1) is 0 Å². The second-order valence-electron chi connectivity index (χ2n) is 5.92. The van der Waals surface area contributed by atoms with Crippen molar-refractivity contribution in [1.82, 2.24) is 20.1 Å². The maximum Gasteiger partial charge on any atom is 0.490 e. The van der Waals surface area contributed by atoms with Gasteiger partial charge in [-0.1, -0.05) is 6.07 Å². The van der Waals surface area contributed by atoms with Crippen molar-refractivity contribution < 1.29 is 33.0 Å². The fraction of sp³-hybridized carbons (Fsp3) is 0.353. The number of aliphatic hydroxyl groups is 1. The summed E-state index contributed by atoms with van der Waals surface area (Å²) in [5, 5.41) is 24.7. The minimum absolute atomic E-state index is 0.115. The van der Waals surface area contributed by atoms with E-state index in [4.69, 9.17) is 9.90 Å². The average Bonchev–Trinajstić information content (AvgIpc) is 3.03. The first-order chi connectivity index (χ1) is 13.2. The van der Waals surface area contributed by atoms with Crippen LogP contribution < -0.4 is 0 Å². The molecule has 150 valence electrons. The molecule has 3 heterocycles. The van der Waals surface area contributed by atoms with Gasteiger partial charge in [-0.3, -0.25) is 9.78 Å². The highest BCUT2D eigenvalue weighted by molar-refractivity contribution is 5.94. The van der Waals surface area contributed by atoms with Gasteiger partial charge in [-0.25, -0.2) is 4.79 Å². The Balaban J connectivity index is 0.000000345. The first-order valence-electron chi connectivity index (χ1n) is 8.15. The minimum atomic E-state index is -5.08. The lowest BCUT2D eigenvalue weighted by molar-refractivity contribution is -0.192. The Bertz CT molecular complexity index is 790. The van der Waals surface area contributed by atoms with Crippen LogP contribution in [0.2, 0.25) is 0 Å². The molecule has 0 radical (unpaired) electrons. The molecule has 11 heteroatoms. The zero-order valence-electron chi connectivity index (χ0n) is 14.5. The largest absolute Gasteiger partial charge is 0.490 e. The van der Waals surface area contributed by atoms with Crippen LogP contribution in [-0.2, 0) is 11.2 Å². The lowest BCUT2D eigenvalue weighted by atomic mass is 10.0. The molecule has 3 rings (SSSR count). The number of amides is 1. The van der Waals surface area contributed by atoms with Crippen molar-refractivity contribution in [2.24, 2.45) is 0 Å². The molecule has 2 aromatic heterocycles. The van der Waals surface area contributed by atoms with E-state index in [-0.39, 0.29) is 11.9 Å². The summed E-state index contributed by atoms with van der Waals surface area (Å²) in [4.78, 5) is 27.2. The van der Waals surface area contributed by atoms with Crippen LogP contribution in [0.4, 0.5) is 13.2 Å². The highest BCUT2D eigenvalue weighted by Crippen LogP contribution is 2.23. The number of rotatable bonds is 3. The lowest BCUT2D eigenvalue weighted by Crippen LogP contribution is -2.41. The van der Waals surface area contributed by atoms with E-state index in [9.17, 15) is 23.1 Å². The molecule has 0 unspecified atom stereocenters. The number of likely N-dealkylation sites (tertiary alicyclic amines) is 1. The van der Waals surface area contributed by atoms with E-state index in [0.717, 1.165) is 5.56 Å². The number of aromatic nitrogens is 3. The highest BCUT2D eigenvalue weighted by atomic mass is 19.4. The number of carbonyl (C=O) groups is 2. The Labute approximate surface area is 157 Å². The molecule has 0 aromatic carbocycles. The Morgan fingerprint density at radius 1 is 1.18 bits per heavy atom. The van der Waals surface area contributed by atoms with Gasteiger partial charge in [-0.2, -0.15) is 23.4 Å². The monoisotopic (exact) mass is 398 g/mol. The number of hydrogen-bond donors (Lipinski definition) is 2. The van der Waals surface area contributed by atoms with Crippen LogP contribution >= 0.6 is 0 Å². The molecule has 2 N–H and O–H groups in total. The number of nitrogens with zero attached hydrogens (tertiary/aromatic N) is 4. The third-order valence-corrected chi connectivity index (χ3v) is 4.01. The number of carbonyl (C=O) groups excluding carboxylic acids is 1. The van der Waals surface area contributed by atoms with Crippen molar-refractivity contribution in [3.63, 3.8) is 0 Å². The van der Waals surface area contributed by atoms with Crippen molar-refractivity contribution in [2.45, 2.75) is 31.2 Å². The molecule has 2 aromatic rings. The van der Waals surface area contributed by atoms with E-state index >= 15 is 0 Å². The number of carboxylic acid groups (broad SMARTS) is 1. The predicted molar refractivity (Wildman–Crippen MR) is 89.1 cm³/mol. The molecule has 1 amide bonds. The minimum Gasteiger partial charge on any atom is -0.475 e. The maximum atomic E-state index is 12.5. The molecule has 1 saturated heterocycles. The van der Waals surface area contributed by atoms with E-state index in [1.165, 1.54) is 12.4 Å². The average molecular weight is 398 g/mol. The fourth-order valence-corrected chi connectivity index (χ4v) is 2.68.